The number of aliphatic hydroxyl groups is 1. The summed E-state index contributed by atoms with van der Waals surface area (Å²) in [5.41, 5.74) is 1.15. The molecule has 35 heavy (non-hydrogen) atoms. The summed E-state index contributed by atoms with van der Waals surface area (Å²) in [4.78, 5) is 41.7. The van der Waals surface area contributed by atoms with Crippen molar-refractivity contribution in [3.05, 3.63) is 34.9 Å². The van der Waals surface area contributed by atoms with Crippen LogP contribution in [0.1, 0.15) is 84.5 Å². The van der Waals surface area contributed by atoms with Gasteiger partial charge in [-0.05, 0) is 78.0 Å². The van der Waals surface area contributed by atoms with Gasteiger partial charge in [0.2, 0.25) is 11.8 Å². The highest BCUT2D eigenvalue weighted by Crippen LogP contribution is 2.30. The average molecular weight is 492 g/mol. The van der Waals surface area contributed by atoms with E-state index in [2.05, 4.69) is 10.6 Å². The highest BCUT2D eigenvalue weighted by atomic mass is 16.6. The molecule has 1 aromatic rings. The van der Waals surface area contributed by atoms with Gasteiger partial charge in [0.05, 0.1) is 6.61 Å². The number of rotatable bonds is 9. The molecule has 3 N–H and O–H groups in total. The first kappa shape index (κ1) is 30.4. The lowest BCUT2D eigenvalue weighted by molar-refractivity contribution is -0.144. The van der Waals surface area contributed by atoms with Crippen molar-refractivity contribution in [2.75, 3.05) is 13.2 Å². The van der Waals surface area contributed by atoms with Gasteiger partial charge in [-0.3, -0.25) is 9.59 Å². The Bertz CT molecular complexity index is 866. The summed E-state index contributed by atoms with van der Waals surface area (Å²) in [5.74, 6) is -1.03. The van der Waals surface area contributed by atoms with E-state index in [9.17, 15) is 19.5 Å². The molecule has 0 aliphatic carbocycles. The fourth-order valence-electron chi connectivity index (χ4n) is 3.90. The molecule has 3 unspecified atom stereocenters. The van der Waals surface area contributed by atoms with E-state index in [-0.39, 0.29) is 25.0 Å². The maximum atomic E-state index is 14.0. The minimum atomic E-state index is -0.984. The fraction of sp³-hybridized carbons (Fsp3) is 0.667. The van der Waals surface area contributed by atoms with Crippen LogP contribution in [-0.4, -0.2) is 58.2 Å². The van der Waals surface area contributed by atoms with Gasteiger partial charge in [0.1, 0.15) is 17.7 Å². The lowest BCUT2D eigenvalue weighted by Crippen LogP contribution is -2.57. The van der Waals surface area contributed by atoms with E-state index in [0.29, 0.717) is 12.0 Å². The molecular formula is C27H45N3O5. The molecule has 3 atom stereocenters. The molecule has 0 saturated heterocycles. The van der Waals surface area contributed by atoms with E-state index in [0.717, 1.165) is 11.1 Å². The number of benzene rings is 1. The number of carbonyl (C=O) groups is 3. The van der Waals surface area contributed by atoms with Gasteiger partial charge in [-0.1, -0.05) is 38.5 Å². The molecular weight excluding hydrogens is 446 g/mol. The van der Waals surface area contributed by atoms with E-state index in [4.69, 9.17) is 4.74 Å². The predicted octanol–water partition coefficient (Wildman–Crippen LogP) is 4.02. The zero-order valence-corrected chi connectivity index (χ0v) is 23.1. The number of alkyl carbamates (subject to hydrolysis) is 1. The minimum Gasteiger partial charge on any atom is -0.444 e. The van der Waals surface area contributed by atoms with Crippen LogP contribution in [0.3, 0.4) is 0 Å². The van der Waals surface area contributed by atoms with Crippen LogP contribution in [0.4, 0.5) is 4.79 Å². The highest BCUT2D eigenvalue weighted by Gasteiger charge is 2.39. The van der Waals surface area contributed by atoms with E-state index in [1.165, 1.54) is 4.90 Å². The third kappa shape index (κ3) is 9.17. The molecule has 1 aromatic carbocycles. The van der Waals surface area contributed by atoms with Crippen molar-refractivity contribution in [3.63, 3.8) is 0 Å². The first-order valence-corrected chi connectivity index (χ1v) is 12.3. The van der Waals surface area contributed by atoms with Gasteiger partial charge in [0.15, 0.2) is 0 Å². The number of ether oxygens (including phenoxy) is 1. The molecule has 0 spiro atoms. The third-order valence-corrected chi connectivity index (χ3v) is 5.65. The fourth-order valence-corrected chi connectivity index (χ4v) is 3.90. The number of hydrogen-bond donors (Lipinski definition) is 3. The van der Waals surface area contributed by atoms with Crippen LogP contribution in [0.25, 0.3) is 0 Å². The summed E-state index contributed by atoms with van der Waals surface area (Å²) >= 11 is 0. The van der Waals surface area contributed by atoms with Crippen molar-refractivity contribution >= 4 is 17.9 Å². The maximum absolute atomic E-state index is 14.0. The lowest BCUT2D eigenvalue weighted by atomic mass is 9.91. The summed E-state index contributed by atoms with van der Waals surface area (Å²) in [6.07, 6.45) is -0.0932. The predicted molar refractivity (Wildman–Crippen MR) is 138 cm³/mol. The zero-order valence-electron chi connectivity index (χ0n) is 23.1. The standard InChI is InChI=1S/C27H45N3O5/c1-11-17(2)21(28-25(34)35-27(8,9)10)24(33)30(15-16-31)22(23(32)29-26(5,6)7)20-18(3)13-12-14-19(20)4/h12-14,17,21-22,31H,11,15-16H2,1-10H3,(H,28,34)(H,29,32). The van der Waals surface area contributed by atoms with Crippen LogP contribution in [0, 0.1) is 19.8 Å². The lowest BCUT2D eigenvalue weighted by Gasteiger charge is -2.38. The van der Waals surface area contributed by atoms with Crippen LogP contribution in [0.2, 0.25) is 0 Å². The van der Waals surface area contributed by atoms with Gasteiger partial charge in [0, 0.05) is 12.1 Å². The normalized spacial score (nSPS) is 14.5. The summed E-state index contributed by atoms with van der Waals surface area (Å²) in [6, 6.07) is 3.77. The Balaban J connectivity index is 3.60. The molecule has 8 nitrogen and oxygen atoms in total. The summed E-state index contributed by atoms with van der Waals surface area (Å²) in [7, 11) is 0. The van der Waals surface area contributed by atoms with Crippen LogP contribution in [0.5, 0.6) is 0 Å². The van der Waals surface area contributed by atoms with E-state index < -0.39 is 35.2 Å². The molecule has 8 heteroatoms. The SMILES string of the molecule is CCC(C)C(NC(=O)OC(C)(C)C)C(=O)N(CCO)C(C(=O)NC(C)(C)C)c1c(C)cccc1C. The Morgan fingerprint density at radius 2 is 1.60 bits per heavy atom. The molecule has 0 aliphatic heterocycles. The molecule has 0 heterocycles. The summed E-state index contributed by atoms with van der Waals surface area (Å²) < 4.78 is 5.40. The first-order chi connectivity index (χ1) is 16.0. The number of amides is 3. The van der Waals surface area contributed by atoms with Crippen molar-refractivity contribution in [2.24, 2.45) is 5.92 Å². The zero-order chi connectivity index (χ0) is 27.1. The van der Waals surface area contributed by atoms with Crippen LogP contribution in [-0.2, 0) is 14.3 Å². The summed E-state index contributed by atoms with van der Waals surface area (Å²) in [5, 5.41) is 15.6. The van der Waals surface area contributed by atoms with Crippen LogP contribution in [0.15, 0.2) is 18.2 Å². The van der Waals surface area contributed by atoms with Crippen molar-refractivity contribution in [2.45, 2.75) is 98.9 Å². The molecule has 0 radical (unpaired) electrons. The van der Waals surface area contributed by atoms with Crippen LogP contribution < -0.4 is 10.6 Å². The number of nitrogens with one attached hydrogen (secondary N) is 2. The molecule has 0 fully saturated rings. The number of nitrogens with zero attached hydrogens (tertiary/aromatic N) is 1. The molecule has 3 amide bonds. The molecule has 0 aromatic heterocycles. The maximum Gasteiger partial charge on any atom is 0.408 e. The quantitative estimate of drug-likeness (QED) is 0.484. The van der Waals surface area contributed by atoms with Crippen molar-refractivity contribution in [3.8, 4) is 0 Å². The Kier molecular flexibility index (Phi) is 10.8. The van der Waals surface area contributed by atoms with E-state index >= 15 is 0 Å². The monoisotopic (exact) mass is 491 g/mol. The number of aliphatic hydroxyl groups excluding tert-OH is 1. The molecule has 0 bridgehead atoms. The van der Waals surface area contributed by atoms with E-state index in [1.54, 1.807) is 20.8 Å². The molecule has 1 rings (SSSR count). The first-order valence-electron chi connectivity index (χ1n) is 12.3. The molecule has 198 valence electrons. The second-order valence-corrected chi connectivity index (χ2v) is 11.2. The third-order valence-electron chi connectivity index (χ3n) is 5.65. The van der Waals surface area contributed by atoms with E-state index in [1.807, 2.05) is 66.7 Å². The van der Waals surface area contributed by atoms with Crippen molar-refractivity contribution in [1.29, 1.82) is 0 Å². The second kappa shape index (κ2) is 12.4. The minimum absolute atomic E-state index is 0.0717. The molecule has 0 saturated carbocycles. The Hall–Kier alpha value is -2.61. The Morgan fingerprint density at radius 3 is 2.03 bits per heavy atom. The Labute approximate surface area is 210 Å². The smallest absolute Gasteiger partial charge is 0.408 e. The van der Waals surface area contributed by atoms with Crippen molar-refractivity contribution in [1.82, 2.24) is 15.5 Å². The van der Waals surface area contributed by atoms with Gasteiger partial charge in [-0.2, -0.15) is 0 Å². The Morgan fingerprint density at radius 1 is 1.06 bits per heavy atom. The topological polar surface area (TPSA) is 108 Å². The van der Waals surface area contributed by atoms with Crippen LogP contribution >= 0.6 is 0 Å². The van der Waals surface area contributed by atoms with Gasteiger partial charge in [-0.15, -0.1) is 0 Å². The number of hydrogen-bond acceptors (Lipinski definition) is 5. The number of aryl methyl sites for hydroxylation is 2. The van der Waals surface area contributed by atoms with Gasteiger partial charge < -0.3 is 25.4 Å². The largest absolute Gasteiger partial charge is 0.444 e. The average Bonchev–Trinajstić information content (AvgIpc) is 2.70. The van der Waals surface area contributed by atoms with Crippen molar-refractivity contribution < 1.29 is 24.2 Å². The second-order valence-electron chi connectivity index (χ2n) is 11.2. The molecule has 0 aliphatic rings. The van der Waals surface area contributed by atoms with Gasteiger partial charge in [0.25, 0.3) is 0 Å². The van der Waals surface area contributed by atoms with Gasteiger partial charge >= 0.3 is 6.09 Å². The summed E-state index contributed by atoms with van der Waals surface area (Å²) in [6.45, 7) is 18.0. The number of carbonyl (C=O) groups excluding carboxylic acids is 3. The van der Waals surface area contributed by atoms with Gasteiger partial charge in [-0.25, -0.2) is 4.79 Å². The highest BCUT2D eigenvalue weighted by molar-refractivity contribution is 5.93.